The molecule has 0 aliphatic carbocycles. The molecule has 24 heavy (non-hydrogen) atoms. The van der Waals surface area contributed by atoms with Gasteiger partial charge in [-0.05, 0) is 25.0 Å². The highest BCUT2D eigenvalue weighted by Gasteiger charge is 2.30. The fourth-order valence-corrected chi connectivity index (χ4v) is 3.09. The largest absolute Gasteiger partial charge is 0.359 e. The van der Waals surface area contributed by atoms with E-state index in [2.05, 4.69) is 10.5 Å². The van der Waals surface area contributed by atoms with Crippen molar-refractivity contribution in [2.24, 2.45) is 5.92 Å². The number of rotatable bonds is 3. The standard InChI is InChI=1S/C17H18ClN3O3/c1-19-16(22)12-5-3-7-21(10-12)17(23)15-9-14(20-24-15)11-4-2-6-13(18)8-11/h2,4,6,8-9,12H,3,5,7,10H2,1H3,(H,19,22)/t12-/m1/s1. The highest BCUT2D eigenvalue weighted by atomic mass is 35.5. The molecule has 0 bridgehead atoms. The summed E-state index contributed by atoms with van der Waals surface area (Å²) in [6.45, 7) is 1.01. The molecule has 1 saturated heterocycles. The van der Waals surface area contributed by atoms with Crippen molar-refractivity contribution in [2.75, 3.05) is 20.1 Å². The maximum absolute atomic E-state index is 12.6. The normalized spacial score (nSPS) is 17.6. The number of aromatic nitrogens is 1. The molecule has 2 aromatic rings. The molecule has 0 saturated carbocycles. The summed E-state index contributed by atoms with van der Waals surface area (Å²) < 4.78 is 5.21. The SMILES string of the molecule is CNC(=O)[C@@H]1CCCN(C(=O)c2cc(-c3cccc(Cl)c3)no2)C1. The molecule has 0 unspecified atom stereocenters. The first-order valence-electron chi connectivity index (χ1n) is 7.82. The molecule has 1 aromatic heterocycles. The summed E-state index contributed by atoms with van der Waals surface area (Å²) in [7, 11) is 1.61. The van der Waals surface area contributed by atoms with E-state index in [4.69, 9.17) is 16.1 Å². The Morgan fingerprint density at radius 2 is 2.21 bits per heavy atom. The van der Waals surface area contributed by atoms with Crippen LogP contribution in [0, 0.1) is 5.92 Å². The molecule has 126 valence electrons. The average molecular weight is 348 g/mol. The van der Waals surface area contributed by atoms with Gasteiger partial charge in [0.05, 0.1) is 5.92 Å². The molecule has 6 nitrogen and oxygen atoms in total. The number of nitrogens with zero attached hydrogens (tertiary/aromatic N) is 2. The summed E-state index contributed by atoms with van der Waals surface area (Å²) in [5, 5.41) is 7.18. The Bertz CT molecular complexity index is 759. The molecule has 0 spiro atoms. The Morgan fingerprint density at radius 3 is 2.96 bits per heavy atom. The maximum Gasteiger partial charge on any atom is 0.292 e. The summed E-state index contributed by atoms with van der Waals surface area (Å²) in [4.78, 5) is 26.0. The minimum atomic E-state index is -0.246. The smallest absolute Gasteiger partial charge is 0.292 e. The molecule has 1 atom stereocenters. The first kappa shape index (κ1) is 16.5. The van der Waals surface area contributed by atoms with E-state index in [1.54, 1.807) is 30.1 Å². The lowest BCUT2D eigenvalue weighted by atomic mass is 9.97. The van der Waals surface area contributed by atoms with Crippen molar-refractivity contribution in [1.29, 1.82) is 0 Å². The molecule has 1 aromatic carbocycles. The maximum atomic E-state index is 12.6. The fourth-order valence-electron chi connectivity index (χ4n) is 2.90. The number of carbonyl (C=O) groups excluding carboxylic acids is 2. The zero-order chi connectivity index (χ0) is 17.1. The van der Waals surface area contributed by atoms with Crippen LogP contribution in [-0.4, -0.2) is 42.0 Å². The number of halogens is 1. The molecule has 2 amide bonds. The summed E-state index contributed by atoms with van der Waals surface area (Å²) in [6.07, 6.45) is 1.58. The quantitative estimate of drug-likeness (QED) is 0.926. The van der Waals surface area contributed by atoms with Gasteiger partial charge in [-0.1, -0.05) is 28.9 Å². The Balaban J connectivity index is 1.75. The van der Waals surface area contributed by atoms with Gasteiger partial charge < -0.3 is 14.7 Å². The third-order valence-electron chi connectivity index (χ3n) is 4.17. The van der Waals surface area contributed by atoms with Gasteiger partial charge in [0.25, 0.3) is 5.91 Å². The van der Waals surface area contributed by atoms with Crippen LogP contribution in [0.25, 0.3) is 11.3 Å². The molecule has 1 aliphatic heterocycles. The molecule has 3 rings (SSSR count). The van der Waals surface area contributed by atoms with E-state index in [0.717, 1.165) is 18.4 Å². The molecule has 1 aliphatic rings. The van der Waals surface area contributed by atoms with Crippen molar-refractivity contribution in [3.05, 3.63) is 41.1 Å². The van der Waals surface area contributed by atoms with Crippen molar-refractivity contribution in [3.8, 4) is 11.3 Å². The Kier molecular flexibility index (Phi) is 4.85. The summed E-state index contributed by atoms with van der Waals surface area (Å²) in [6, 6.07) is 8.80. The molecular weight excluding hydrogens is 330 g/mol. The van der Waals surface area contributed by atoms with Gasteiger partial charge in [0.1, 0.15) is 5.69 Å². The fraction of sp³-hybridized carbons (Fsp3) is 0.353. The predicted molar refractivity (Wildman–Crippen MR) is 89.6 cm³/mol. The third kappa shape index (κ3) is 3.43. The number of nitrogens with one attached hydrogen (secondary N) is 1. The van der Waals surface area contributed by atoms with Crippen LogP contribution in [0.5, 0.6) is 0 Å². The number of likely N-dealkylation sites (tertiary alicyclic amines) is 1. The summed E-state index contributed by atoms with van der Waals surface area (Å²) >= 11 is 5.97. The molecule has 0 radical (unpaired) electrons. The van der Waals surface area contributed by atoms with E-state index in [-0.39, 0.29) is 23.5 Å². The van der Waals surface area contributed by atoms with E-state index in [1.807, 2.05) is 12.1 Å². The monoisotopic (exact) mass is 347 g/mol. The van der Waals surface area contributed by atoms with Gasteiger partial charge in [0.15, 0.2) is 0 Å². The van der Waals surface area contributed by atoms with Gasteiger partial charge in [-0.25, -0.2) is 0 Å². The van der Waals surface area contributed by atoms with Crippen LogP contribution in [0.15, 0.2) is 34.9 Å². The number of carbonyl (C=O) groups is 2. The van der Waals surface area contributed by atoms with Crippen molar-refractivity contribution in [1.82, 2.24) is 15.4 Å². The Morgan fingerprint density at radius 1 is 1.38 bits per heavy atom. The van der Waals surface area contributed by atoms with Crippen LogP contribution in [0.3, 0.4) is 0 Å². The topological polar surface area (TPSA) is 75.4 Å². The van der Waals surface area contributed by atoms with E-state index in [0.29, 0.717) is 23.8 Å². The molecule has 7 heteroatoms. The second-order valence-electron chi connectivity index (χ2n) is 5.79. The molecular formula is C17H18ClN3O3. The lowest BCUT2D eigenvalue weighted by molar-refractivity contribution is -0.125. The zero-order valence-electron chi connectivity index (χ0n) is 13.3. The van der Waals surface area contributed by atoms with Gasteiger partial charge >= 0.3 is 0 Å². The molecule has 1 N–H and O–H groups in total. The van der Waals surface area contributed by atoms with Crippen molar-refractivity contribution in [2.45, 2.75) is 12.8 Å². The van der Waals surface area contributed by atoms with E-state index in [9.17, 15) is 9.59 Å². The lowest BCUT2D eigenvalue weighted by Crippen LogP contribution is -2.44. The number of piperidine rings is 1. The van der Waals surface area contributed by atoms with Gasteiger partial charge in [-0.2, -0.15) is 0 Å². The van der Waals surface area contributed by atoms with Crippen molar-refractivity contribution >= 4 is 23.4 Å². The van der Waals surface area contributed by atoms with Gasteiger partial charge in [0.2, 0.25) is 11.7 Å². The van der Waals surface area contributed by atoms with Gasteiger partial charge in [-0.15, -0.1) is 0 Å². The summed E-state index contributed by atoms with van der Waals surface area (Å²) in [5.41, 5.74) is 1.34. The van der Waals surface area contributed by atoms with E-state index < -0.39 is 0 Å². The minimum Gasteiger partial charge on any atom is -0.359 e. The second-order valence-corrected chi connectivity index (χ2v) is 6.23. The Labute approximate surface area is 144 Å². The Hall–Kier alpha value is -2.34. The van der Waals surface area contributed by atoms with Crippen molar-refractivity contribution < 1.29 is 14.1 Å². The van der Waals surface area contributed by atoms with E-state index in [1.165, 1.54) is 0 Å². The van der Waals surface area contributed by atoms with Crippen LogP contribution in [-0.2, 0) is 4.79 Å². The van der Waals surface area contributed by atoms with Gasteiger partial charge in [-0.3, -0.25) is 9.59 Å². The van der Waals surface area contributed by atoms with Crippen LogP contribution >= 0.6 is 11.6 Å². The van der Waals surface area contributed by atoms with Crippen LogP contribution in [0.1, 0.15) is 23.4 Å². The second kappa shape index (κ2) is 7.05. The number of hydrogen-bond donors (Lipinski definition) is 1. The number of benzene rings is 1. The minimum absolute atomic E-state index is 0.0373. The van der Waals surface area contributed by atoms with Crippen LogP contribution in [0.2, 0.25) is 5.02 Å². The van der Waals surface area contributed by atoms with Crippen LogP contribution in [0.4, 0.5) is 0 Å². The average Bonchev–Trinajstić information content (AvgIpc) is 3.10. The first-order chi connectivity index (χ1) is 11.6. The number of hydrogen-bond acceptors (Lipinski definition) is 4. The first-order valence-corrected chi connectivity index (χ1v) is 8.20. The van der Waals surface area contributed by atoms with Crippen LogP contribution < -0.4 is 5.32 Å². The van der Waals surface area contributed by atoms with Crippen molar-refractivity contribution in [3.63, 3.8) is 0 Å². The number of amides is 2. The highest BCUT2D eigenvalue weighted by molar-refractivity contribution is 6.30. The summed E-state index contributed by atoms with van der Waals surface area (Å²) in [5.74, 6) is -0.292. The van der Waals surface area contributed by atoms with E-state index >= 15 is 0 Å². The zero-order valence-corrected chi connectivity index (χ0v) is 14.0. The molecule has 2 heterocycles. The molecule has 1 fully saturated rings. The lowest BCUT2D eigenvalue weighted by Gasteiger charge is -2.31. The predicted octanol–water partition coefficient (Wildman–Crippen LogP) is 2.59. The highest BCUT2D eigenvalue weighted by Crippen LogP contribution is 2.24. The third-order valence-corrected chi connectivity index (χ3v) is 4.40. The van der Waals surface area contributed by atoms with Gasteiger partial charge in [0, 0.05) is 36.8 Å².